The first kappa shape index (κ1) is 21.2. The molecule has 0 aliphatic carbocycles. The zero-order valence-corrected chi connectivity index (χ0v) is 15.9. The molecule has 0 aromatic heterocycles. The van der Waals surface area contributed by atoms with Crippen LogP contribution in [0.4, 0.5) is 23.2 Å². The second-order valence-electron chi connectivity index (χ2n) is 6.24. The molecule has 0 saturated heterocycles. The normalized spacial score (nSPS) is 11.5. The van der Waals surface area contributed by atoms with Gasteiger partial charge in [0, 0.05) is 5.56 Å². The number of benzene rings is 3. The van der Waals surface area contributed by atoms with Crippen LogP contribution in [0.2, 0.25) is 0 Å². The average molecular weight is 418 g/mol. The predicted octanol–water partition coefficient (Wildman–Crippen LogP) is 5.88. The third-order valence-corrected chi connectivity index (χ3v) is 4.15. The Kier molecular flexibility index (Phi) is 6.56. The maximum absolute atomic E-state index is 13.7. The molecule has 3 rings (SSSR count). The van der Waals surface area contributed by atoms with E-state index >= 15 is 0 Å². The van der Waals surface area contributed by atoms with Crippen LogP contribution in [0.1, 0.15) is 16.7 Å². The van der Waals surface area contributed by atoms with Gasteiger partial charge in [0.15, 0.2) is 11.5 Å². The first-order chi connectivity index (χ1) is 14.4. The van der Waals surface area contributed by atoms with Gasteiger partial charge in [0.2, 0.25) is 0 Å². The Hall–Kier alpha value is -3.55. The maximum Gasteiger partial charge on any atom is 0.416 e. The largest absolute Gasteiger partial charge is 0.493 e. The number of hydrogen-bond acceptors (Lipinski definition) is 4. The van der Waals surface area contributed by atoms with E-state index in [4.69, 9.17) is 9.47 Å². The molecule has 156 valence electrons. The molecule has 30 heavy (non-hydrogen) atoms. The van der Waals surface area contributed by atoms with Crippen LogP contribution in [0, 0.1) is 5.82 Å². The minimum absolute atomic E-state index is 0.0476. The Morgan fingerprint density at radius 3 is 2.37 bits per heavy atom. The first-order valence-electron chi connectivity index (χ1n) is 8.87. The smallest absolute Gasteiger partial charge is 0.416 e. The molecule has 8 heteroatoms. The fraction of sp³-hybridized carbons (Fsp3) is 0.136. The molecule has 4 nitrogen and oxygen atoms in total. The highest BCUT2D eigenvalue weighted by Gasteiger charge is 2.29. The van der Waals surface area contributed by atoms with Crippen molar-refractivity contribution in [2.24, 2.45) is 5.10 Å². The van der Waals surface area contributed by atoms with Crippen molar-refractivity contribution < 1.29 is 27.0 Å². The molecule has 0 unspecified atom stereocenters. The van der Waals surface area contributed by atoms with E-state index in [1.54, 1.807) is 36.4 Å². The van der Waals surface area contributed by atoms with Crippen LogP contribution in [-0.4, -0.2) is 13.3 Å². The van der Waals surface area contributed by atoms with Gasteiger partial charge in [0.05, 0.1) is 24.6 Å². The SMILES string of the molecule is COc1cc(C=NNc2ccc(C(F)(F)F)cc2)ccc1OCc1ccccc1F. The van der Waals surface area contributed by atoms with Gasteiger partial charge in [-0.05, 0) is 54.1 Å². The third kappa shape index (κ3) is 5.50. The number of methoxy groups -OCH3 is 1. The molecule has 0 bridgehead atoms. The summed E-state index contributed by atoms with van der Waals surface area (Å²) in [6.45, 7) is 0.0476. The minimum Gasteiger partial charge on any atom is -0.493 e. The highest BCUT2D eigenvalue weighted by Crippen LogP contribution is 2.30. The third-order valence-electron chi connectivity index (χ3n) is 4.15. The minimum atomic E-state index is -4.38. The van der Waals surface area contributed by atoms with Gasteiger partial charge in [-0.25, -0.2) is 4.39 Å². The molecule has 0 fully saturated rings. The molecular formula is C22H18F4N2O2. The fourth-order valence-corrected chi connectivity index (χ4v) is 2.57. The van der Waals surface area contributed by atoms with Crippen molar-refractivity contribution in [3.05, 3.63) is 89.2 Å². The van der Waals surface area contributed by atoms with E-state index in [9.17, 15) is 17.6 Å². The molecule has 0 amide bonds. The summed E-state index contributed by atoms with van der Waals surface area (Å²) >= 11 is 0. The van der Waals surface area contributed by atoms with Gasteiger partial charge in [-0.15, -0.1) is 0 Å². The number of ether oxygens (including phenoxy) is 2. The lowest BCUT2D eigenvalue weighted by molar-refractivity contribution is -0.137. The van der Waals surface area contributed by atoms with Crippen LogP contribution in [0.25, 0.3) is 0 Å². The zero-order chi connectivity index (χ0) is 21.6. The lowest BCUT2D eigenvalue weighted by Gasteiger charge is -2.11. The first-order valence-corrected chi connectivity index (χ1v) is 8.87. The molecule has 0 saturated carbocycles. The zero-order valence-electron chi connectivity index (χ0n) is 15.9. The second-order valence-corrected chi connectivity index (χ2v) is 6.24. The van der Waals surface area contributed by atoms with Gasteiger partial charge < -0.3 is 9.47 Å². The number of nitrogens with one attached hydrogen (secondary N) is 1. The molecule has 0 aliphatic rings. The Morgan fingerprint density at radius 2 is 1.70 bits per heavy atom. The number of alkyl halides is 3. The number of halogens is 4. The van der Waals surface area contributed by atoms with Crippen molar-refractivity contribution in [2.75, 3.05) is 12.5 Å². The molecule has 3 aromatic rings. The van der Waals surface area contributed by atoms with E-state index in [2.05, 4.69) is 10.5 Å². The summed E-state index contributed by atoms with van der Waals surface area (Å²) in [5.74, 6) is 0.521. The van der Waals surface area contributed by atoms with Crippen molar-refractivity contribution in [2.45, 2.75) is 12.8 Å². The average Bonchev–Trinajstić information content (AvgIpc) is 2.73. The van der Waals surface area contributed by atoms with Crippen molar-refractivity contribution in [3.63, 3.8) is 0 Å². The lowest BCUT2D eigenvalue weighted by atomic mass is 10.2. The van der Waals surface area contributed by atoms with E-state index in [-0.39, 0.29) is 12.4 Å². The quantitative estimate of drug-likeness (QED) is 0.296. The lowest BCUT2D eigenvalue weighted by Crippen LogP contribution is -2.04. The molecule has 0 radical (unpaired) electrons. The van der Waals surface area contributed by atoms with Crippen LogP contribution in [-0.2, 0) is 12.8 Å². The molecular weight excluding hydrogens is 400 g/mol. The Morgan fingerprint density at radius 1 is 0.967 bits per heavy atom. The Bertz CT molecular complexity index is 1020. The van der Waals surface area contributed by atoms with Crippen LogP contribution >= 0.6 is 0 Å². The van der Waals surface area contributed by atoms with Gasteiger partial charge in [0.1, 0.15) is 12.4 Å². The number of rotatable bonds is 7. The van der Waals surface area contributed by atoms with E-state index < -0.39 is 11.7 Å². The van der Waals surface area contributed by atoms with Gasteiger partial charge in [0.25, 0.3) is 0 Å². The van der Waals surface area contributed by atoms with Crippen molar-refractivity contribution in [1.82, 2.24) is 0 Å². The van der Waals surface area contributed by atoms with E-state index in [0.717, 1.165) is 12.1 Å². The highest BCUT2D eigenvalue weighted by atomic mass is 19.4. The molecule has 0 aliphatic heterocycles. The maximum atomic E-state index is 13.7. The molecule has 1 N–H and O–H groups in total. The standard InChI is InChI=1S/C22H18F4N2O2/c1-29-21-12-15(6-11-20(21)30-14-16-4-2-3-5-19(16)23)13-27-28-18-9-7-17(8-10-18)22(24,25)26/h2-13,28H,14H2,1H3. The highest BCUT2D eigenvalue weighted by molar-refractivity contribution is 5.81. The van der Waals surface area contributed by atoms with Gasteiger partial charge in [-0.3, -0.25) is 5.43 Å². The van der Waals surface area contributed by atoms with Crippen LogP contribution in [0.3, 0.4) is 0 Å². The summed E-state index contributed by atoms with van der Waals surface area (Å²) in [7, 11) is 1.48. The Labute approximate surface area is 170 Å². The summed E-state index contributed by atoms with van der Waals surface area (Å²) in [6.07, 6.45) is -2.89. The number of anilines is 1. The van der Waals surface area contributed by atoms with Crippen molar-refractivity contribution >= 4 is 11.9 Å². The summed E-state index contributed by atoms with van der Waals surface area (Å²) in [4.78, 5) is 0. The predicted molar refractivity (Wildman–Crippen MR) is 106 cm³/mol. The molecule has 0 atom stereocenters. The van der Waals surface area contributed by atoms with Crippen LogP contribution < -0.4 is 14.9 Å². The topological polar surface area (TPSA) is 42.8 Å². The fourth-order valence-electron chi connectivity index (χ4n) is 2.57. The van der Waals surface area contributed by atoms with Crippen LogP contribution in [0.5, 0.6) is 11.5 Å². The molecule has 0 spiro atoms. The number of nitrogens with zero attached hydrogens (tertiary/aromatic N) is 1. The van der Waals surface area contributed by atoms with E-state index in [1.165, 1.54) is 31.5 Å². The monoisotopic (exact) mass is 418 g/mol. The summed E-state index contributed by atoms with van der Waals surface area (Å²) in [6, 6.07) is 15.9. The molecule has 0 heterocycles. The summed E-state index contributed by atoms with van der Waals surface area (Å²) in [5.41, 5.74) is 3.44. The summed E-state index contributed by atoms with van der Waals surface area (Å²) in [5, 5.41) is 4.01. The van der Waals surface area contributed by atoms with E-state index in [0.29, 0.717) is 28.3 Å². The second kappa shape index (κ2) is 9.30. The molecule has 3 aromatic carbocycles. The van der Waals surface area contributed by atoms with Crippen LogP contribution in [0.15, 0.2) is 71.8 Å². The van der Waals surface area contributed by atoms with Gasteiger partial charge in [-0.2, -0.15) is 18.3 Å². The summed E-state index contributed by atoms with van der Waals surface area (Å²) < 4.78 is 62.4. The van der Waals surface area contributed by atoms with Gasteiger partial charge >= 0.3 is 6.18 Å². The van der Waals surface area contributed by atoms with Crippen molar-refractivity contribution in [3.8, 4) is 11.5 Å². The number of hydrazone groups is 1. The van der Waals surface area contributed by atoms with Gasteiger partial charge in [-0.1, -0.05) is 18.2 Å². The van der Waals surface area contributed by atoms with Crippen molar-refractivity contribution in [1.29, 1.82) is 0 Å². The van der Waals surface area contributed by atoms with E-state index in [1.807, 2.05) is 0 Å². The Balaban J connectivity index is 1.63. The number of hydrogen-bond donors (Lipinski definition) is 1.